The minimum absolute atomic E-state index is 0.102. The fraction of sp³-hybridized carbons (Fsp3) is 0.375. The van der Waals surface area contributed by atoms with E-state index in [4.69, 9.17) is 5.11 Å². The molecule has 1 atom stereocenters. The van der Waals surface area contributed by atoms with Gasteiger partial charge in [-0.05, 0) is 24.4 Å². The first kappa shape index (κ1) is 15.0. The maximum absolute atomic E-state index is 12.3. The Balaban J connectivity index is 1.71. The molecule has 1 unspecified atom stereocenters. The number of amides is 1. The summed E-state index contributed by atoms with van der Waals surface area (Å²) in [5.74, 6) is -1.06. The summed E-state index contributed by atoms with van der Waals surface area (Å²) >= 11 is 1.74. The molecule has 0 aliphatic carbocycles. The SMILES string of the molecule is CC1C(=O)N(CC(=O)O)CCN1Cc1cc2ccccc2s1. The van der Waals surface area contributed by atoms with Crippen LogP contribution in [0, 0.1) is 0 Å². The molecule has 0 spiro atoms. The molecule has 1 aromatic heterocycles. The molecule has 1 amide bonds. The second-order valence-corrected chi connectivity index (χ2v) is 6.72. The highest BCUT2D eigenvalue weighted by Gasteiger charge is 2.32. The van der Waals surface area contributed by atoms with Gasteiger partial charge in [0.1, 0.15) is 6.54 Å². The van der Waals surface area contributed by atoms with Crippen LogP contribution in [0.5, 0.6) is 0 Å². The van der Waals surface area contributed by atoms with Gasteiger partial charge in [-0.3, -0.25) is 14.5 Å². The summed E-state index contributed by atoms with van der Waals surface area (Å²) in [6, 6.07) is 10.1. The number of piperazine rings is 1. The second-order valence-electron chi connectivity index (χ2n) is 5.55. The van der Waals surface area contributed by atoms with Crippen molar-refractivity contribution in [3.8, 4) is 0 Å². The standard InChI is InChI=1S/C16H18N2O3S/c1-11-16(21)18(10-15(19)20)7-6-17(11)9-13-8-12-4-2-3-5-14(12)22-13/h2-5,8,11H,6-7,9-10H2,1H3,(H,19,20). The number of nitrogens with zero attached hydrogens (tertiary/aromatic N) is 2. The molecule has 5 nitrogen and oxygen atoms in total. The summed E-state index contributed by atoms with van der Waals surface area (Å²) in [5.41, 5.74) is 0. The molecule has 1 saturated heterocycles. The molecule has 0 radical (unpaired) electrons. The van der Waals surface area contributed by atoms with Crippen LogP contribution in [0.15, 0.2) is 30.3 Å². The lowest BCUT2D eigenvalue weighted by molar-refractivity contribution is -0.150. The zero-order valence-corrected chi connectivity index (χ0v) is 13.2. The Morgan fingerprint density at radius 3 is 2.86 bits per heavy atom. The van der Waals surface area contributed by atoms with Gasteiger partial charge in [0.15, 0.2) is 0 Å². The van der Waals surface area contributed by atoms with E-state index in [1.165, 1.54) is 19.9 Å². The number of carboxylic acids is 1. The van der Waals surface area contributed by atoms with Gasteiger partial charge in [-0.15, -0.1) is 11.3 Å². The number of aliphatic carboxylic acids is 1. The smallest absolute Gasteiger partial charge is 0.323 e. The Morgan fingerprint density at radius 1 is 1.36 bits per heavy atom. The van der Waals surface area contributed by atoms with Crippen molar-refractivity contribution in [3.63, 3.8) is 0 Å². The number of carboxylic acid groups (broad SMARTS) is 1. The molecule has 0 bridgehead atoms. The molecule has 116 valence electrons. The normalized spacial score (nSPS) is 19.8. The number of benzene rings is 1. The van der Waals surface area contributed by atoms with E-state index in [0.29, 0.717) is 13.1 Å². The average Bonchev–Trinajstić information content (AvgIpc) is 2.89. The third-order valence-electron chi connectivity index (χ3n) is 4.04. The predicted molar refractivity (Wildman–Crippen MR) is 85.9 cm³/mol. The third kappa shape index (κ3) is 2.98. The first-order chi connectivity index (χ1) is 10.5. The van der Waals surface area contributed by atoms with Crippen LogP contribution in [0.1, 0.15) is 11.8 Å². The first-order valence-corrected chi connectivity index (χ1v) is 8.08. The molecule has 0 saturated carbocycles. The van der Waals surface area contributed by atoms with Gasteiger partial charge in [0.2, 0.25) is 5.91 Å². The Labute approximate surface area is 132 Å². The van der Waals surface area contributed by atoms with Crippen molar-refractivity contribution < 1.29 is 14.7 Å². The molecule has 1 aliphatic heterocycles. The molecule has 22 heavy (non-hydrogen) atoms. The van der Waals surface area contributed by atoms with E-state index in [2.05, 4.69) is 23.1 Å². The average molecular weight is 318 g/mol. The molecule has 1 N–H and O–H groups in total. The molecular weight excluding hydrogens is 300 g/mol. The highest BCUT2D eigenvalue weighted by atomic mass is 32.1. The van der Waals surface area contributed by atoms with Crippen molar-refractivity contribution in [2.24, 2.45) is 0 Å². The number of carbonyl (C=O) groups excluding carboxylic acids is 1. The van der Waals surface area contributed by atoms with Crippen molar-refractivity contribution in [2.45, 2.75) is 19.5 Å². The lowest BCUT2D eigenvalue weighted by Crippen LogP contribution is -2.56. The number of hydrogen-bond acceptors (Lipinski definition) is 4. The summed E-state index contributed by atoms with van der Waals surface area (Å²) < 4.78 is 1.25. The molecule has 2 aromatic rings. The second kappa shape index (κ2) is 6.06. The molecule has 1 fully saturated rings. The Hall–Kier alpha value is -1.92. The molecule has 1 aliphatic rings. The summed E-state index contributed by atoms with van der Waals surface area (Å²) in [5, 5.41) is 10.1. The number of hydrogen-bond donors (Lipinski definition) is 1. The number of thiophene rings is 1. The first-order valence-electron chi connectivity index (χ1n) is 7.26. The van der Waals surface area contributed by atoms with Crippen LogP contribution in [0.3, 0.4) is 0 Å². The van der Waals surface area contributed by atoms with Crippen molar-refractivity contribution in [2.75, 3.05) is 19.6 Å². The fourth-order valence-electron chi connectivity index (χ4n) is 2.82. The number of carbonyl (C=O) groups is 2. The van der Waals surface area contributed by atoms with Crippen LogP contribution in [0.25, 0.3) is 10.1 Å². The predicted octanol–water partition coefficient (Wildman–Crippen LogP) is 2.02. The number of fused-ring (bicyclic) bond motifs is 1. The van der Waals surface area contributed by atoms with Gasteiger partial charge in [0.05, 0.1) is 6.04 Å². The van der Waals surface area contributed by atoms with Crippen LogP contribution in [0.2, 0.25) is 0 Å². The monoisotopic (exact) mass is 318 g/mol. The summed E-state index contributed by atoms with van der Waals surface area (Å²) in [6.07, 6.45) is 0. The van der Waals surface area contributed by atoms with Gasteiger partial charge >= 0.3 is 5.97 Å². The van der Waals surface area contributed by atoms with Gasteiger partial charge in [0.25, 0.3) is 0 Å². The van der Waals surface area contributed by atoms with Crippen LogP contribution < -0.4 is 0 Å². The van der Waals surface area contributed by atoms with Crippen LogP contribution in [-0.4, -0.2) is 52.5 Å². The van der Waals surface area contributed by atoms with Crippen LogP contribution >= 0.6 is 11.3 Å². The van der Waals surface area contributed by atoms with E-state index in [9.17, 15) is 9.59 Å². The largest absolute Gasteiger partial charge is 0.480 e. The van der Waals surface area contributed by atoms with Gasteiger partial charge < -0.3 is 10.0 Å². The van der Waals surface area contributed by atoms with Crippen molar-refractivity contribution >= 4 is 33.3 Å². The maximum atomic E-state index is 12.3. The van der Waals surface area contributed by atoms with Gasteiger partial charge in [0, 0.05) is 29.2 Å². The maximum Gasteiger partial charge on any atom is 0.323 e. The zero-order chi connectivity index (χ0) is 15.7. The molecular formula is C16H18N2O3S. The summed E-state index contributed by atoms with van der Waals surface area (Å²) in [6.45, 7) is 3.55. The van der Waals surface area contributed by atoms with Gasteiger partial charge in [-0.25, -0.2) is 0 Å². The van der Waals surface area contributed by atoms with Crippen molar-refractivity contribution in [1.82, 2.24) is 9.80 Å². The van der Waals surface area contributed by atoms with E-state index in [1.807, 2.05) is 19.1 Å². The van der Waals surface area contributed by atoms with E-state index in [0.717, 1.165) is 6.54 Å². The topological polar surface area (TPSA) is 60.9 Å². The van der Waals surface area contributed by atoms with E-state index >= 15 is 0 Å². The lowest BCUT2D eigenvalue weighted by Gasteiger charge is -2.38. The highest BCUT2D eigenvalue weighted by Crippen LogP contribution is 2.27. The Kier molecular flexibility index (Phi) is 4.13. The minimum Gasteiger partial charge on any atom is -0.480 e. The third-order valence-corrected chi connectivity index (χ3v) is 5.14. The van der Waals surface area contributed by atoms with E-state index in [-0.39, 0.29) is 18.5 Å². The molecule has 1 aromatic carbocycles. The molecule has 6 heteroatoms. The molecule has 3 rings (SSSR count). The zero-order valence-electron chi connectivity index (χ0n) is 12.4. The number of rotatable bonds is 4. The Bertz CT molecular complexity index is 679. The Morgan fingerprint density at radius 2 is 2.14 bits per heavy atom. The van der Waals surface area contributed by atoms with Gasteiger partial charge in [-0.2, -0.15) is 0 Å². The summed E-state index contributed by atoms with van der Waals surface area (Å²) in [7, 11) is 0. The summed E-state index contributed by atoms with van der Waals surface area (Å²) in [4.78, 5) is 27.8. The van der Waals surface area contributed by atoms with Gasteiger partial charge in [-0.1, -0.05) is 18.2 Å². The van der Waals surface area contributed by atoms with Crippen LogP contribution in [0.4, 0.5) is 0 Å². The quantitative estimate of drug-likeness (QED) is 0.937. The lowest BCUT2D eigenvalue weighted by atomic mass is 10.1. The highest BCUT2D eigenvalue weighted by molar-refractivity contribution is 7.19. The van der Waals surface area contributed by atoms with E-state index < -0.39 is 5.97 Å². The molecule has 2 heterocycles. The fourth-order valence-corrected chi connectivity index (χ4v) is 3.91. The minimum atomic E-state index is -0.960. The van der Waals surface area contributed by atoms with Crippen molar-refractivity contribution in [1.29, 1.82) is 0 Å². The van der Waals surface area contributed by atoms with E-state index in [1.54, 1.807) is 11.3 Å². The van der Waals surface area contributed by atoms with Crippen LogP contribution in [-0.2, 0) is 16.1 Å². The van der Waals surface area contributed by atoms with Crippen molar-refractivity contribution in [3.05, 3.63) is 35.2 Å².